The van der Waals surface area contributed by atoms with Gasteiger partial charge in [0.05, 0.1) is 24.5 Å². The minimum Gasteiger partial charge on any atom is -0.465 e. The lowest BCUT2D eigenvalue weighted by Gasteiger charge is -2.38. The Balaban J connectivity index is 1.07. The SMILES string of the molecule is N#Cc1cc(O/C=C/[C@H]2CCN(C(=O)CO)C2)cc(-c2ncnc(Nc3ccc(N4CCN(C5CCOC5)CC4)cc3)n2)c1. The van der Waals surface area contributed by atoms with E-state index in [0.717, 1.165) is 57.9 Å². The summed E-state index contributed by atoms with van der Waals surface area (Å²) in [5.74, 6) is 1.14. The molecular formula is C32H36N8O4. The van der Waals surface area contributed by atoms with Crippen LogP contribution in [0.1, 0.15) is 18.4 Å². The molecule has 0 aliphatic carbocycles. The van der Waals surface area contributed by atoms with Crippen molar-refractivity contribution < 1.29 is 19.4 Å². The quantitative estimate of drug-likeness (QED) is 0.353. The zero-order valence-corrected chi connectivity index (χ0v) is 24.5. The molecule has 2 N–H and O–H groups in total. The average molecular weight is 597 g/mol. The third-order valence-corrected chi connectivity index (χ3v) is 8.36. The third kappa shape index (κ3) is 7.14. The monoisotopic (exact) mass is 596 g/mol. The largest absolute Gasteiger partial charge is 0.465 e. The predicted octanol–water partition coefficient (Wildman–Crippen LogP) is 2.80. The molecule has 44 heavy (non-hydrogen) atoms. The Labute approximate surface area is 256 Å². The molecule has 3 aliphatic rings. The standard InChI is InChI=1S/C32H36N8O4/c33-18-24-15-25(17-29(16-24)44-14-6-23-5-8-40(19-23)30(42)20-41)31-34-22-35-32(37-31)36-26-1-3-27(4-2-26)38-9-11-39(12-10-38)28-7-13-43-21-28/h1-4,6,14-17,22-23,28,41H,5,7-13,19-21H2,(H,34,35,36,37)/b14-6+/t23-,28?/m1/s1. The van der Waals surface area contributed by atoms with Crippen molar-refractivity contribution in [2.75, 3.05) is 69.3 Å². The topological polar surface area (TPSA) is 140 Å². The van der Waals surface area contributed by atoms with Crippen LogP contribution in [-0.4, -0.2) is 101 Å². The first-order valence-electron chi connectivity index (χ1n) is 15.0. The van der Waals surface area contributed by atoms with E-state index in [2.05, 4.69) is 48.3 Å². The van der Waals surface area contributed by atoms with Gasteiger partial charge in [0, 0.05) is 68.9 Å². The Morgan fingerprint density at radius 2 is 1.95 bits per heavy atom. The highest BCUT2D eigenvalue weighted by molar-refractivity contribution is 5.77. The number of likely N-dealkylation sites (tertiary alicyclic amines) is 1. The van der Waals surface area contributed by atoms with E-state index in [9.17, 15) is 10.1 Å². The van der Waals surface area contributed by atoms with E-state index in [1.54, 1.807) is 29.4 Å². The molecule has 0 bridgehead atoms. The van der Waals surface area contributed by atoms with E-state index in [0.29, 0.717) is 47.8 Å². The number of carbonyl (C=O) groups is 1. The highest BCUT2D eigenvalue weighted by atomic mass is 16.5. The molecule has 1 unspecified atom stereocenters. The fourth-order valence-corrected chi connectivity index (χ4v) is 5.90. The summed E-state index contributed by atoms with van der Waals surface area (Å²) in [6.07, 6.45) is 6.84. The lowest BCUT2D eigenvalue weighted by atomic mass is 10.1. The second-order valence-electron chi connectivity index (χ2n) is 11.2. The van der Waals surface area contributed by atoms with Gasteiger partial charge >= 0.3 is 0 Å². The van der Waals surface area contributed by atoms with Gasteiger partial charge in [-0.3, -0.25) is 9.69 Å². The lowest BCUT2D eigenvalue weighted by molar-refractivity contribution is -0.133. The van der Waals surface area contributed by atoms with E-state index in [1.165, 1.54) is 12.0 Å². The van der Waals surface area contributed by atoms with Crippen LogP contribution in [0.15, 0.2) is 61.1 Å². The molecule has 0 spiro atoms. The van der Waals surface area contributed by atoms with Gasteiger partial charge in [-0.2, -0.15) is 10.2 Å². The number of nitrogens with one attached hydrogen (secondary N) is 1. The Morgan fingerprint density at radius 1 is 1.11 bits per heavy atom. The first-order chi connectivity index (χ1) is 21.6. The number of nitriles is 1. The maximum absolute atomic E-state index is 11.7. The molecule has 4 heterocycles. The van der Waals surface area contributed by atoms with Crippen molar-refractivity contribution in [3.8, 4) is 23.2 Å². The highest BCUT2D eigenvalue weighted by Crippen LogP contribution is 2.27. The molecule has 1 aromatic heterocycles. The van der Waals surface area contributed by atoms with Crippen LogP contribution in [0.25, 0.3) is 11.4 Å². The summed E-state index contributed by atoms with van der Waals surface area (Å²) >= 11 is 0. The zero-order valence-electron chi connectivity index (χ0n) is 24.5. The smallest absolute Gasteiger partial charge is 0.248 e. The molecule has 1 amide bonds. The minimum absolute atomic E-state index is 0.137. The minimum atomic E-state index is -0.480. The molecule has 12 heteroatoms. The van der Waals surface area contributed by atoms with Crippen molar-refractivity contribution >= 4 is 23.2 Å². The van der Waals surface area contributed by atoms with E-state index < -0.39 is 6.61 Å². The number of piperazine rings is 1. The van der Waals surface area contributed by atoms with Crippen LogP contribution in [-0.2, 0) is 9.53 Å². The summed E-state index contributed by atoms with van der Waals surface area (Å²) in [7, 11) is 0. The molecule has 12 nitrogen and oxygen atoms in total. The molecule has 2 aromatic carbocycles. The van der Waals surface area contributed by atoms with Crippen LogP contribution >= 0.6 is 0 Å². The summed E-state index contributed by atoms with van der Waals surface area (Å²) in [5, 5.41) is 21.9. The summed E-state index contributed by atoms with van der Waals surface area (Å²) in [6, 6.07) is 16.1. The van der Waals surface area contributed by atoms with Crippen molar-refractivity contribution in [2.24, 2.45) is 5.92 Å². The molecular weight excluding hydrogens is 560 g/mol. The molecule has 228 valence electrons. The van der Waals surface area contributed by atoms with E-state index >= 15 is 0 Å². The number of benzene rings is 2. The van der Waals surface area contributed by atoms with Gasteiger partial charge in [-0.1, -0.05) is 0 Å². The van der Waals surface area contributed by atoms with Crippen LogP contribution in [0.4, 0.5) is 17.3 Å². The number of nitrogens with zero attached hydrogens (tertiary/aromatic N) is 7. The Morgan fingerprint density at radius 3 is 2.70 bits per heavy atom. The van der Waals surface area contributed by atoms with Crippen molar-refractivity contribution in [1.82, 2.24) is 24.8 Å². The number of aliphatic hydroxyl groups excluding tert-OH is 1. The van der Waals surface area contributed by atoms with Crippen molar-refractivity contribution in [2.45, 2.75) is 18.9 Å². The van der Waals surface area contributed by atoms with E-state index in [4.69, 9.17) is 14.6 Å². The fourth-order valence-electron chi connectivity index (χ4n) is 5.90. The second kappa shape index (κ2) is 13.8. The number of hydrogen-bond acceptors (Lipinski definition) is 11. The number of rotatable bonds is 9. The third-order valence-electron chi connectivity index (χ3n) is 8.36. The number of aromatic nitrogens is 3. The van der Waals surface area contributed by atoms with E-state index in [-0.39, 0.29) is 11.8 Å². The van der Waals surface area contributed by atoms with Gasteiger partial charge in [-0.25, -0.2) is 9.97 Å². The maximum atomic E-state index is 11.7. The van der Waals surface area contributed by atoms with E-state index in [1.807, 2.05) is 18.2 Å². The van der Waals surface area contributed by atoms with Crippen molar-refractivity contribution in [1.29, 1.82) is 5.26 Å². The molecule has 3 aromatic rings. The van der Waals surface area contributed by atoms with Gasteiger partial charge in [-0.15, -0.1) is 0 Å². The van der Waals surface area contributed by atoms with Gasteiger partial charge in [0.25, 0.3) is 0 Å². The number of aliphatic hydroxyl groups is 1. The number of amides is 1. The molecule has 3 fully saturated rings. The number of anilines is 3. The fraction of sp³-hybridized carbons (Fsp3) is 0.406. The maximum Gasteiger partial charge on any atom is 0.248 e. The molecule has 3 saturated heterocycles. The highest BCUT2D eigenvalue weighted by Gasteiger charge is 2.27. The lowest BCUT2D eigenvalue weighted by Crippen LogP contribution is -2.50. The first kappa shape index (κ1) is 29.5. The van der Waals surface area contributed by atoms with Crippen LogP contribution in [0.2, 0.25) is 0 Å². The summed E-state index contributed by atoms with van der Waals surface area (Å²) < 4.78 is 11.4. The number of ether oxygens (including phenoxy) is 2. The predicted molar refractivity (Wildman–Crippen MR) is 164 cm³/mol. The van der Waals surface area contributed by atoms with Crippen LogP contribution in [0.5, 0.6) is 5.75 Å². The first-order valence-corrected chi connectivity index (χ1v) is 15.0. The number of carbonyl (C=O) groups excluding carboxylic acids is 1. The Bertz CT molecular complexity index is 1510. The molecule has 6 rings (SSSR count). The van der Waals surface area contributed by atoms with Crippen LogP contribution < -0.4 is 15.0 Å². The summed E-state index contributed by atoms with van der Waals surface area (Å²) in [5.41, 5.74) is 3.08. The van der Waals surface area contributed by atoms with Crippen molar-refractivity contribution in [3.05, 3.63) is 66.7 Å². The average Bonchev–Trinajstić information content (AvgIpc) is 3.78. The molecule has 0 saturated carbocycles. The van der Waals surface area contributed by atoms with Gasteiger partial charge in [0.15, 0.2) is 5.82 Å². The Hall–Kier alpha value is -4.57. The Kier molecular flexibility index (Phi) is 9.26. The summed E-state index contributed by atoms with van der Waals surface area (Å²) in [6.45, 7) is 6.48. The summed E-state index contributed by atoms with van der Waals surface area (Å²) in [4.78, 5) is 31.5. The van der Waals surface area contributed by atoms with Crippen LogP contribution in [0.3, 0.4) is 0 Å². The van der Waals surface area contributed by atoms with Crippen LogP contribution in [0, 0.1) is 17.2 Å². The van der Waals surface area contributed by atoms with Gasteiger partial charge in [-0.05, 0) is 67.3 Å². The molecule has 3 aliphatic heterocycles. The number of hydrogen-bond donors (Lipinski definition) is 2. The van der Waals surface area contributed by atoms with Crippen molar-refractivity contribution in [3.63, 3.8) is 0 Å². The normalized spacial score (nSPS) is 20.6. The molecule has 0 radical (unpaired) electrons. The van der Waals surface area contributed by atoms with Gasteiger partial charge in [0.2, 0.25) is 11.9 Å². The molecule has 2 atom stereocenters. The zero-order chi connectivity index (χ0) is 30.3. The van der Waals surface area contributed by atoms with Gasteiger partial charge in [0.1, 0.15) is 18.7 Å². The second-order valence-corrected chi connectivity index (χ2v) is 11.2. The van der Waals surface area contributed by atoms with Gasteiger partial charge < -0.3 is 29.7 Å².